The fourth-order valence-electron chi connectivity index (χ4n) is 3.66. The molecule has 1 aromatic carbocycles. The molecule has 0 amide bonds. The third kappa shape index (κ3) is 3.39. The van der Waals surface area contributed by atoms with Crippen molar-refractivity contribution in [2.24, 2.45) is 0 Å². The number of aromatic amines is 1. The number of aromatic nitrogens is 5. The van der Waals surface area contributed by atoms with E-state index in [4.69, 9.17) is 4.52 Å². The largest absolute Gasteiger partial charge is 0.347 e. The molecule has 0 fully saturated rings. The van der Waals surface area contributed by atoms with Crippen LogP contribution in [0.2, 0.25) is 0 Å². The van der Waals surface area contributed by atoms with Crippen molar-refractivity contribution in [2.75, 3.05) is 0 Å². The SMILES string of the molecule is N#Cc1cccc(CN2Cc3[nH]cnc3CC2c2nc(-c3ccncc3)no2)c1. The Hall–Kier alpha value is -3.83. The van der Waals surface area contributed by atoms with Crippen molar-refractivity contribution in [3.63, 3.8) is 0 Å². The Morgan fingerprint density at radius 3 is 3.00 bits per heavy atom. The summed E-state index contributed by atoms with van der Waals surface area (Å²) in [4.78, 5) is 18.6. The van der Waals surface area contributed by atoms with Crippen molar-refractivity contribution in [3.8, 4) is 17.5 Å². The van der Waals surface area contributed by atoms with E-state index in [9.17, 15) is 5.26 Å². The van der Waals surface area contributed by atoms with Crippen molar-refractivity contribution in [2.45, 2.75) is 25.6 Å². The van der Waals surface area contributed by atoms with Gasteiger partial charge in [-0.2, -0.15) is 10.2 Å². The zero-order valence-corrected chi connectivity index (χ0v) is 15.5. The van der Waals surface area contributed by atoms with E-state index < -0.39 is 0 Å². The second-order valence-corrected chi connectivity index (χ2v) is 6.96. The van der Waals surface area contributed by atoms with E-state index in [0.717, 1.165) is 22.5 Å². The summed E-state index contributed by atoms with van der Waals surface area (Å²) in [5.41, 5.74) is 4.67. The van der Waals surface area contributed by atoms with Gasteiger partial charge in [0.05, 0.1) is 35.4 Å². The first-order valence-electron chi connectivity index (χ1n) is 9.28. The van der Waals surface area contributed by atoms with E-state index in [-0.39, 0.29) is 6.04 Å². The molecule has 0 bridgehead atoms. The van der Waals surface area contributed by atoms with E-state index in [1.807, 2.05) is 36.4 Å². The number of hydrogen-bond donors (Lipinski definition) is 1. The molecule has 3 aromatic heterocycles. The van der Waals surface area contributed by atoms with Gasteiger partial charge < -0.3 is 9.51 Å². The molecular formula is C21H17N7O. The molecule has 8 nitrogen and oxygen atoms in total. The van der Waals surface area contributed by atoms with Gasteiger partial charge in [0.15, 0.2) is 0 Å². The van der Waals surface area contributed by atoms with Crippen LogP contribution in [0.4, 0.5) is 0 Å². The first kappa shape index (κ1) is 17.3. The molecule has 0 aliphatic carbocycles. The number of benzene rings is 1. The van der Waals surface area contributed by atoms with Gasteiger partial charge in [0, 0.05) is 37.5 Å². The lowest BCUT2D eigenvalue weighted by Gasteiger charge is -2.32. The van der Waals surface area contributed by atoms with Crippen molar-refractivity contribution in [1.82, 2.24) is 30.0 Å². The molecule has 1 aliphatic rings. The monoisotopic (exact) mass is 383 g/mol. The number of nitrogens with zero attached hydrogens (tertiary/aromatic N) is 6. The Kier molecular flexibility index (Phi) is 4.35. The van der Waals surface area contributed by atoms with E-state index >= 15 is 0 Å². The maximum atomic E-state index is 9.20. The van der Waals surface area contributed by atoms with Gasteiger partial charge in [0.1, 0.15) is 0 Å². The highest BCUT2D eigenvalue weighted by Gasteiger charge is 2.33. The molecule has 29 heavy (non-hydrogen) atoms. The molecule has 1 unspecified atom stereocenters. The number of hydrogen-bond acceptors (Lipinski definition) is 7. The molecule has 1 atom stereocenters. The summed E-state index contributed by atoms with van der Waals surface area (Å²) in [6.45, 7) is 1.34. The summed E-state index contributed by atoms with van der Waals surface area (Å²) >= 11 is 0. The lowest BCUT2D eigenvalue weighted by atomic mass is 10.0. The van der Waals surface area contributed by atoms with Crippen LogP contribution in [0.15, 0.2) is 59.6 Å². The number of nitrogens with one attached hydrogen (secondary N) is 1. The van der Waals surface area contributed by atoms with Crippen molar-refractivity contribution in [3.05, 3.63) is 83.5 Å². The molecule has 5 rings (SSSR count). The van der Waals surface area contributed by atoms with E-state index in [1.165, 1.54) is 0 Å². The van der Waals surface area contributed by atoms with Gasteiger partial charge in [-0.3, -0.25) is 9.88 Å². The van der Waals surface area contributed by atoms with E-state index in [1.54, 1.807) is 18.7 Å². The fraction of sp³-hybridized carbons (Fsp3) is 0.190. The minimum atomic E-state index is -0.0976. The second-order valence-electron chi connectivity index (χ2n) is 6.96. The summed E-state index contributed by atoms with van der Waals surface area (Å²) in [6, 6.07) is 13.5. The van der Waals surface area contributed by atoms with Gasteiger partial charge in [-0.05, 0) is 29.8 Å². The smallest absolute Gasteiger partial charge is 0.244 e. The average Bonchev–Trinajstić information content (AvgIpc) is 3.43. The fourth-order valence-corrected chi connectivity index (χ4v) is 3.66. The summed E-state index contributed by atoms with van der Waals surface area (Å²) < 4.78 is 5.65. The summed E-state index contributed by atoms with van der Waals surface area (Å²) in [5.74, 6) is 1.10. The van der Waals surface area contributed by atoms with Gasteiger partial charge in [-0.1, -0.05) is 17.3 Å². The number of nitriles is 1. The maximum Gasteiger partial charge on any atom is 0.244 e. The topological polar surface area (TPSA) is 108 Å². The van der Waals surface area contributed by atoms with Crippen LogP contribution in [0, 0.1) is 11.3 Å². The van der Waals surface area contributed by atoms with Crippen molar-refractivity contribution in [1.29, 1.82) is 5.26 Å². The lowest BCUT2D eigenvalue weighted by Crippen LogP contribution is -2.34. The number of fused-ring (bicyclic) bond motifs is 1. The van der Waals surface area contributed by atoms with E-state index in [0.29, 0.717) is 36.8 Å². The Labute approximate surface area is 166 Å². The molecule has 0 spiro atoms. The molecule has 0 saturated heterocycles. The van der Waals surface area contributed by atoms with Crippen LogP contribution >= 0.6 is 0 Å². The first-order valence-corrected chi connectivity index (χ1v) is 9.28. The highest BCUT2D eigenvalue weighted by Crippen LogP contribution is 2.33. The maximum absolute atomic E-state index is 9.20. The third-order valence-electron chi connectivity index (χ3n) is 5.10. The van der Waals surface area contributed by atoms with Gasteiger partial charge in [0.2, 0.25) is 11.7 Å². The van der Waals surface area contributed by atoms with Crippen LogP contribution < -0.4 is 0 Å². The molecule has 8 heteroatoms. The van der Waals surface area contributed by atoms with Crippen LogP contribution in [0.1, 0.15) is 34.4 Å². The first-order chi connectivity index (χ1) is 14.3. The van der Waals surface area contributed by atoms with Gasteiger partial charge >= 0.3 is 0 Å². The zero-order chi connectivity index (χ0) is 19.6. The standard InChI is InChI=1S/C21H17N7O/c22-10-14-2-1-3-15(8-14)11-28-12-18-17(24-13-25-18)9-19(28)21-26-20(27-29-21)16-4-6-23-7-5-16/h1-8,13,19H,9,11-12H2,(H,24,25). The second kappa shape index (κ2) is 7.30. The van der Waals surface area contributed by atoms with Crippen LogP contribution in [-0.4, -0.2) is 30.0 Å². The van der Waals surface area contributed by atoms with Crippen LogP contribution in [-0.2, 0) is 19.5 Å². The Morgan fingerprint density at radius 2 is 2.14 bits per heavy atom. The summed E-state index contributed by atoms with van der Waals surface area (Å²) in [6.07, 6.45) is 5.80. The summed E-state index contributed by atoms with van der Waals surface area (Å²) in [7, 11) is 0. The normalized spacial score (nSPS) is 16.3. The van der Waals surface area contributed by atoms with Gasteiger partial charge in [-0.25, -0.2) is 4.98 Å². The number of rotatable bonds is 4. The Morgan fingerprint density at radius 1 is 1.24 bits per heavy atom. The minimum absolute atomic E-state index is 0.0976. The summed E-state index contributed by atoms with van der Waals surface area (Å²) in [5, 5.41) is 13.4. The van der Waals surface area contributed by atoms with E-state index in [2.05, 4.69) is 36.1 Å². The Bertz CT molecular complexity index is 1170. The molecule has 0 radical (unpaired) electrons. The lowest BCUT2D eigenvalue weighted by molar-refractivity contribution is 0.128. The highest BCUT2D eigenvalue weighted by atomic mass is 16.5. The molecule has 1 N–H and O–H groups in total. The number of pyridine rings is 1. The third-order valence-corrected chi connectivity index (χ3v) is 5.10. The minimum Gasteiger partial charge on any atom is -0.347 e. The van der Waals surface area contributed by atoms with Gasteiger partial charge in [0.25, 0.3) is 0 Å². The van der Waals surface area contributed by atoms with Crippen molar-refractivity contribution < 1.29 is 4.52 Å². The zero-order valence-electron chi connectivity index (χ0n) is 15.5. The highest BCUT2D eigenvalue weighted by molar-refractivity contribution is 5.52. The average molecular weight is 383 g/mol. The molecule has 1 aliphatic heterocycles. The molecule has 4 aromatic rings. The molecular weight excluding hydrogens is 366 g/mol. The number of imidazole rings is 1. The molecule has 4 heterocycles. The quantitative estimate of drug-likeness (QED) is 0.577. The number of H-pyrrole nitrogens is 1. The predicted octanol–water partition coefficient (Wildman–Crippen LogP) is 3.03. The van der Waals surface area contributed by atoms with Gasteiger partial charge in [-0.15, -0.1) is 0 Å². The predicted molar refractivity (Wildman–Crippen MR) is 103 cm³/mol. The van der Waals surface area contributed by atoms with Crippen molar-refractivity contribution >= 4 is 0 Å². The van der Waals surface area contributed by atoms with Crippen LogP contribution in [0.3, 0.4) is 0 Å². The Balaban J connectivity index is 1.47. The molecule has 0 saturated carbocycles. The molecule has 142 valence electrons. The van der Waals surface area contributed by atoms with Crippen LogP contribution in [0.5, 0.6) is 0 Å². The van der Waals surface area contributed by atoms with Crippen LogP contribution in [0.25, 0.3) is 11.4 Å².